The molecule has 0 aliphatic carbocycles. The van der Waals surface area contributed by atoms with E-state index in [1.54, 1.807) is 12.1 Å². The van der Waals surface area contributed by atoms with Gasteiger partial charge < -0.3 is 10.1 Å². The average Bonchev–Trinajstić information content (AvgIpc) is 2.42. The lowest BCUT2D eigenvalue weighted by atomic mass is 10.1. The number of ether oxygens (including phenoxy) is 1. The van der Waals surface area contributed by atoms with Gasteiger partial charge in [0.05, 0.1) is 5.02 Å². The number of anilines is 1. The summed E-state index contributed by atoms with van der Waals surface area (Å²) < 4.78 is 29.6. The largest absolute Gasteiger partial charge is 0.433 e. The number of alkyl halides is 2. The van der Waals surface area contributed by atoms with Gasteiger partial charge in [-0.05, 0) is 42.8 Å². The van der Waals surface area contributed by atoms with E-state index in [-0.39, 0.29) is 16.8 Å². The molecule has 0 heterocycles. The number of benzene rings is 2. The lowest BCUT2D eigenvalue weighted by Crippen LogP contribution is -2.07. The molecular formula is C15H13BrClF2NO. The molecule has 0 radical (unpaired) electrons. The molecule has 1 unspecified atom stereocenters. The van der Waals surface area contributed by atoms with Crippen LogP contribution in [0.2, 0.25) is 5.02 Å². The summed E-state index contributed by atoms with van der Waals surface area (Å²) in [5.41, 5.74) is 1.83. The molecule has 2 nitrogen and oxygen atoms in total. The van der Waals surface area contributed by atoms with Crippen LogP contribution < -0.4 is 10.1 Å². The zero-order valence-electron chi connectivity index (χ0n) is 11.1. The fourth-order valence-corrected chi connectivity index (χ4v) is 2.36. The highest BCUT2D eigenvalue weighted by molar-refractivity contribution is 9.10. The second kappa shape index (κ2) is 7.09. The van der Waals surface area contributed by atoms with Gasteiger partial charge in [-0.2, -0.15) is 8.78 Å². The second-order valence-corrected chi connectivity index (χ2v) is 5.76. The molecule has 2 rings (SSSR count). The third-order valence-corrected chi connectivity index (χ3v) is 3.73. The zero-order chi connectivity index (χ0) is 15.4. The highest BCUT2D eigenvalue weighted by Gasteiger charge is 2.10. The number of rotatable bonds is 5. The van der Waals surface area contributed by atoms with Gasteiger partial charge in [-0.3, -0.25) is 0 Å². The van der Waals surface area contributed by atoms with Crippen molar-refractivity contribution in [2.75, 3.05) is 5.32 Å². The van der Waals surface area contributed by atoms with Crippen molar-refractivity contribution < 1.29 is 13.5 Å². The van der Waals surface area contributed by atoms with Crippen molar-refractivity contribution in [2.45, 2.75) is 19.6 Å². The Bertz CT molecular complexity index is 607. The summed E-state index contributed by atoms with van der Waals surface area (Å²) in [5.74, 6) is -0.0338. The molecule has 2 aromatic rings. The molecular weight excluding hydrogens is 364 g/mol. The molecule has 112 valence electrons. The molecule has 0 aliphatic rings. The van der Waals surface area contributed by atoms with Gasteiger partial charge in [0.15, 0.2) is 0 Å². The van der Waals surface area contributed by atoms with Gasteiger partial charge in [0.1, 0.15) is 5.75 Å². The van der Waals surface area contributed by atoms with Gasteiger partial charge in [-0.15, -0.1) is 0 Å². The molecule has 0 aromatic heterocycles. The summed E-state index contributed by atoms with van der Waals surface area (Å²) in [6.07, 6.45) is 0. The summed E-state index contributed by atoms with van der Waals surface area (Å²) in [7, 11) is 0. The van der Waals surface area contributed by atoms with Crippen molar-refractivity contribution >= 4 is 33.2 Å². The smallest absolute Gasteiger partial charge is 0.387 e. The fourth-order valence-electron chi connectivity index (χ4n) is 1.87. The van der Waals surface area contributed by atoms with Gasteiger partial charge >= 0.3 is 6.61 Å². The van der Waals surface area contributed by atoms with Crippen LogP contribution in [0, 0.1) is 0 Å². The lowest BCUT2D eigenvalue weighted by molar-refractivity contribution is -0.0497. The predicted octanol–water partition coefficient (Wildman–Crippen LogP) is 5.88. The Labute approximate surface area is 135 Å². The molecule has 0 amide bonds. The predicted molar refractivity (Wildman–Crippen MR) is 84.3 cm³/mol. The topological polar surface area (TPSA) is 21.3 Å². The quantitative estimate of drug-likeness (QED) is 0.704. The molecule has 0 bridgehead atoms. The van der Waals surface area contributed by atoms with E-state index in [1.165, 1.54) is 6.07 Å². The first-order chi connectivity index (χ1) is 9.95. The van der Waals surface area contributed by atoms with E-state index >= 15 is 0 Å². The van der Waals surface area contributed by atoms with Crippen molar-refractivity contribution in [3.05, 3.63) is 57.5 Å². The van der Waals surface area contributed by atoms with Gasteiger partial charge in [-0.25, -0.2) is 0 Å². The number of halogens is 4. The lowest BCUT2D eigenvalue weighted by Gasteiger charge is -2.17. The SMILES string of the molecule is CC(Nc1ccc(OC(F)F)c(Cl)c1)c1ccc(Br)cc1. The number of hydrogen-bond donors (Lipinski definition) is 1. The summed E-state index contributed by atoms with van der Waals surface area (Å²) in [6.45, 7) is -0.885. The maximum Gasteiger partial charge on any atom is 0.387 e. The minimum absolute atomic E-state index is 0.0338. The van der Waals surface area contributed by atoms with E-state index < -0.39 is 6.61 Å². The molecule has 1 atom stereocenters. The van der Waals surface area contributed by atoms with E-state index in [1.807, 2.05) is 31.2 Å². The van der Waals surface area contributed by atoms with Crippen molar-refractivity contribution in [2.24, 2.45) is 0 Å². The van der Waals surface area contributed by atoms with E-state index in [4.69, 9.17) is 11.6 Å². The first-order valence-electron chi connectivity index (χ1n) is 6.22. The zero-order valence-corrected chi connectivity index (χ0v) is 13.5. The first-order valence-corrected chi connectivity index (χ1v) is 7.39. The minimum atomic E-state index is -2.89. The van der Waals surface area contributed by atoms with E-state index in [9.17, 15) is 8.78 Å². The molecule has 21 heavy (non-hydrogen) atoms. The minimum Gasteiger partial charge on any atom is -0.433 e. The summed E-state index contributed by atoms with van der Waals surface area (Å²) in [6, 6.07) is 12.6. The van der Waals surface area contributed by atoms with Crippen LogP contribution in [-0.4, -0.2) is 6.61 Å². The molecule has 0 spiro atoms. The maximum absolute atomic E-state index is 12.2. The summed E-state index contributed by atoms with van der Waals surface area (Å²) >= 11 is 9.30. The third kappa shape index (κ3) is 4.58. The van der Waals surface area contributed by atoms with Crippen LogP contribution in [0.5, 0.6) is 5.75 Å². The van der Waals surface area contributed by atoms with Crippen molar-refractivity contribution in [1.82, 2.24) is 0 Å². The second-order valence-electron chi connectivity index (χ2n) is 4.44. The molecule has 2 aromatic carbocycles. The van der Waals surface area contributed by atoms with E-state index in [0.717, 1.165) is 15.7 Å². The summed E-state index contributed by atoms with van der Waals surface area (Å²) in [5, 5.41) is 3.40. The van der Waals surface area contributed by atoms with Crippen LogP contribution in [0.15, 0.2) is 46.9 Å². The molecule has 0 aliphatic heterocycles. The van der Waals surface area contributed by atoms with Crippen LogP contribution in [0.25, 0.3) is 0 Å². The van der Waals surface area contributed by atoms with Gasteiger partial charge in [0.25, 0.3) is 0 Å². The number of hydrogen-bond acceptors (Lipinski definition) is 2. The van der Waals surface area contributed by atoms with Gasteiger partial charge in [-0.1, -0.05) is 39.7 Å². The molecule has 1 N–H and O–H groups in total. The molecule has 6 heteroatoms. The molecule has 0 saturated heterocycles. The standard InChI is InChI=1S/C15H13BrClF2NO/c1-9(10-2-4-11(16)5-3-10)20-12-6-7-14(13(17)8-12)21-15(18)19/h2-9,15,20H,1H3. The van der Waals surface area contributed by atoms with Gasteiger partial charge in [0.2, 0.25) is 0 Å². The Hall–Kier alpha value is -1.33. The van der Waals surface area contributed by atoms with E-state index in [0.29, 0.717) is 0 Å². The van der Waals surface area contributed by atoms with Crippen LogP contribution in [-0.2, 0) is 0 Å². The van der Waals surface area contributed by atoms with Crippen molar-refractivity contribution in [3.8, 4) is 5.75 Å². The highest BCUT2D eigenvalue weighted by Crippen LogP contribution is 2.30. The monoisotopic (exact) mass is 375 g/mol. The van der Waals surface area contributed by atoms with E-state index in [2.05, 4.69) is 26.0 Å². The Kier molecular flexibility index (Phi) is 5.42. The Morgan fingerprint density at radius 1 is 1.14 bits per heavy atom. The van der Waals surface area contributed by atoms with Crippen molar-refractivity contribution in [1.29, 1.82) is 0 Å². The first kappa shape index (κ1) is 16.0. The molecule has 0 fully saturated rings. The van der Waals surface area contributed by atoms with Crippen LogP contribution in [0.3, 0.4) is 0 Å². The Morgan fingerprint density at radius 3 is 2.38 bits per heavy atom. The Morgan fingerprint density at radius 2 is 1.81 bits per heavy atom. The molecule has 0 saturated carbocycles. The van der Waals surface area contributed by atoms with Crippen molar-refractivity contribution in [3.63, 3.8) is 0 Å². The average molecular weight is 377 g/mol. The normalized spacial score (nSPS) is 12.3. The highest BCUT2D eigenvalue weighted by atomic mass is 79.9. The van der Waals surface area contributed by atoms with Gasteiger partial charge in [0, 0.05) is 16.2 Å². The van der Waals surface area contributed by atoms with Crippen LogP contribution in [0.4, 0.5) is 14.5 Å². The number of nitrogens with one attached hydrogen (secondary N) is 1. The third-order valence-electron chi connectivity index (χ3n) is 2.90. The maximum atomic E-state index is 12.2. The summed E-state index contributed by atoms with van der Waals surface area (Å²) in [4.78, 5) is 0. The Balaban J connectivity index is 2.09. The van der Waals surface area contributed by atoms with Crippen LogP contribution >= 0.6 is 27.5 Å². The van der Waals surface area contributed by atoms with Crippen LogP contribution in [0.1, 0.15) is 18.5 Å². The fraction of sp³-hybridized carbons (Fsp3) is 0.200.